The van der Waals surface area contributed by atoms with E-state index in [2.05, 4.69) is 13.8 Å². The van der Waals surface area contributed by atoms with Crippen LogP contribution in [0.2, 0.25) is 0 Å². The van der Waals surface area contributed by atoms with E-state index in [4.69, 9.17) is 9.84 Å². The van der Waals surface area contributed by atoms with Crippen LogP contribution in [0, 0.1) is 11.3 Å². The Morgan fingerprint density at radius 3 is 2.52 bits per heavy atom. The highest BCUT2D eigenvalue weighted by Crippen LogP contribution is 2.25. The number of aliphatic hydroxyl groups is 2. The van der Waals surface area contributed by atoms with E-state index >= 15 is 0 Å². The third kappa shape index (κ3) is 9.38. The van der Waals surface area contributed by atoms with Gasteiger partial charge in [0.05, 0.1) is 24.7 Å². The molecule has 0 aromatic heterocycles. The van der Waals surface area contributed by atoms with E-state index in [1.54, 1.807) is 0 Å². The Bertz CT molecular complexity index is 281. The van der Waals surface area contributed by atoms with E-state index < -0.39 is 11.5 Å². The van der Waals surface area contributed by atoms with Crippen molar-refractivity contribution in [1.82, 2.24) is 0 Å². The molecule has 2 unspecified atom stereocenters. The predicted molar refractivity (Wildman–Crippen MR) is 88.5 cm³/mol. The zero-order valence-electron chi connectivity index (χ0n) is 13.9. The predicted octanol–water partition coefficient (Wildman–Crippen LogP) is 2.86. The van der Waals surface area contributed by atoms with Crippen molar-refractivity contribution in [1.29, 1.82) is 0 Å². The number of esters is 1. The van der Waals surface area contributed by atoms with Crippen LogP contribution in [0.15, 0.2) is 0 Å². The Labute approximate surface area is 133 Å². The lowest BCUT2D eigenvalue weighted by molar-refractivity contribution is -0.154. The maximum Gasteiger partial charge on any atom is 0.312 e. The quantitative estimate of drug-likeness (QED) is 0.541. The summed E-state index contributed by atoms with van der Waals surface area (Å²) in [6, 6.07) is 0. The van der Waals surface area contributed by atoms with E-state index in [0.717, 1.165) is 12.8 Å². The molecule has 2 N–H and O–H groups in total. The van der Waals surface area contributed by atoms with Crippen LogP contribution in [0.4, 0.5) is 0 Å². The molecule has 2 atom stereocenters. The first-order valence-electron chi connectivity index (χ1n) is 7.91. The number of hydrogen-bond donors (Lipinski definition) is 2. The fourth-order valence-electron chi connectivity index (χ4n) is 1.85. The third-order valence-electron chi connectivity index (χ3n) is 3.53. The summed E-state index contributed by atoms with van der Waals surface area (Å²) < 4.78 is 5.48. The van der Waals surface area contributed by atoms with Crippen molar-refractivity contribution in [3.63, 3.8) is 0 Å². The van der Waals surface area contributed by atoms with E-state index in [1.807, 2.05) is 13.8 Å². The van der Waals surface area contributed by atoms with Crippen molar-refractivity contribution in [3.05, 3.63) is 0 Å². The van der Waals surface area contributed by atoms with Crippen molar-refractivity contribution < 1.29 is 19.7 Å². The molecule has 0 amide bonds. The van der Waals surface area contributed by atoms with Gasteiger partial charge in [-0.15, -0.1) is 0 Å². The van der Waals surface area contributed by atoms with Gasteiger partial charge < -0.3 is 14.9 Å². The smallest absolute Gasteiger partial charge is 0.312 e. The molecule has 0 aliphatic rings. The van der Waals surface area contributed by atoms with Gasteiger partial charge in [0.2, 0.25) is 0 Å². The van der Waals surface area contributed by atoms with E-state index in [0.29, 0.717) is 24.0 Å². The molecule has 0 aliphatic carbocycles. The first-order chi connectivity index (χ1) is 9.87. The summed E-state index contributed by atoms with van der Waals surface area (Å²) in [5, 5.41) is 18.1. The first-order valence-corrected chi connectivity index (χ1v) is 9.06. The van der Waals surface area contributed by atoms with Gasteiger partial charge in [-0.05, 0) is 26.2 Å². The molecule has 0 saturated heterocycles. The van der Waals surface area contributed by atoms with E-state index in [-0.39, 0.29) is 12.6 Å². The number of hydrogen-bond acceptors (Lipinski definition) is 5. The van der Waals surface area contributed by atoms with Gasteiger partial charge >= 0.3 is 5.97 Å². The number of aliphatic hydroxyl groups excluding tert-OH is 2. The zero-order valence-corrected chi connectivity index (χ0v) is 14.7. The molecular formula is C16H32O4S. The van der Waals surface area contributed by atoms with E-state index in [1.165, 1.54) is 24.6 Å². The minimum absolute atomic E-state index is 0.177. The maximum absolute atomic E-state index is 12.2. The van der Waals surface area contributed by atoms with Crippen LogP contribution in [-0.2, 0) is 9.53 Å². The molecule has 5 heteroatoms. The summed E-state index contributed by atoms with van der Waals surface area (Å²) >= 11 is 1.46. The number of ether oxygens (including phenoxy) is 1. The Kier molecular flexibility index (Phi) is 11.2. The lowest BCUT2D eigenvalue weighted by Gasteiger charge is -2.24. The van der Waals surface area contributed by atoms with E-state index in [9.17, 15) is 9.90 Å². The van der Waals surface area contributed by atoms with Gasteiger partial charge in [-0.3, -0.25) is 4.79 Å². The Morgan fingerprint density at radius 1 is 1.33 bits per heavy atom. The molecule has 0 spiro atoms. The molecule has 0 rings (SSSR count). The molecule has 0 saturated carbocycles. The normalized spacial score (nSPS) is 14.8. The van der Waals surface area contributed by atoms with Crippen LogP contribution in [0.1, 0.15) is 53.4 Å². The van der Waals surface area contributed by atoms with Crippen LogP contribution in [0.25, 0.3) is 0 Å². The first kappa shape index (κ1) is 20.7. The summed E-state index contributed by atoms with van der Waals surface area (Å²) in [6.07, 6.45) is 3.76. The number of thioether (sulfide) groups is 1. The standard InChI is InChI=1S/C16H32O4S/c1-5-7-8-13(6-2)10-20-15(19)16(3,4)12-21-11-14(18)9-17/h13-14,17-18H,5-12H2,1-4H3. The fourth-order valence-corrected chi connectivity index (χ4v) is 2.97. The Morgan fingerprint density at radius 2 is 2.00 bits per heavy atom. The monoisotopic (exact) mass is 320 g/mol. The highest BCUT2D eigenvalue weighted by molar-refractivity contribution is 7.99. The Balaban J connectivity index is 4.10. The second-order valence-corrected chi connectivity index (χ2v) is 7.28. The van der Waals surface area contributed by atoms with Crippen molar-refractivity contribution in [2.45, 2.75) is 59.5 Å². The second-order valence-electron chi connectivity index (χ2n) is 6.25. The molecule has 0 bridgehead atoms. The lowest BCUT2D eigenvalue weighted by Crippen LogP contribution is -2.31. The molecule has 0 aromatic rings. The summed E-state index contributed by atoms with van der Waals surface area (Å²) in [5.41, 5.74) is -0.567. The number of rotatable bonds is 12. The van der Waals surface area contributed by atoms with Gasteiger partial charge in [-0.1, -0.05) is 33.1 Å². The molecule has 0 aromatic carbocycles. The minimum atomic E-state index is -0.722. The van der Waals surface area contributed by atoms with Gasteiger partial charge in [0.25, 0.3) is 0 Å². The Hall–Kier alpha value is -0.260. The van der Waals surface area contributed by atoms with Crippen molar-refractivity contribution in [2.75, 3.05) is 24.7 Å². The van der Waals surface area contributed by atoms with Crippen LogP contribution in [0.5, 0.6) is 0 Å². The third-order valence-corrected chi connectivity index (χ3v) is 5.08. The maximum atomic E-state index is 12.2. The average molecular weight is 320 g/mol. The molecule has 0 aliphatic heterocycles. The van der Waals surface area contributed by atoms with Crippen LogP contribution in [-0.4, -0.2) is 47.0 Å². The van der Waals surface area contributed by atoms with Gasteiger partial charge in [0.1, 0.15) is 0 Å². The molecule has 0 radical (unpaired) electrons. The van der Waals surface area contributed by atoms with Crippen molar-refractivity contribution >= 4 is 17.7 Å². The molecule has 0 heterocycles. The lowest BCUT2D eigenvalue weighted by atomic mass is 9.96. The fraction of sp³-hybridized carbons (Fsp3) is 0.938. The van der Waals surface area contributed by atoms with Gasteiger partial charge in [-0.25, -0.2) is 0 Å². The highest BCUT2D eigenvalue weighted by Gasteiger charge is 2.30. The molecular weight excluding hydrogens is 288 g/mol. The summed E-state index contributed by atoms with van der Waals surface area (Å²) in [7, 11) is 0. The highest BCUT2D eigenvalue weighted by atomic mass is 32.2. The van der Waals surface area contributed by atoms with Crippen LogP contribution < -0.4 is 0 Å². The molecule has 0 fully saturated rings. The topological polar surface area (TPSA) is 66.8 Å². The molecule has 21 heavy (non-hydrogen) atoms. The van der Waals surface area contributed by atoms with Crippen molar-refractivity contribution in [2.24, 2.45) is 11.3 Å². The largest absolute Gasteiger partial charge is 0.465 e. The van der Waals surface area contributed by atoms with Gasteiger partial charge in [0.15, 0.2) is 0 Å². The zero-order chi connectivity index (χ0) is 16.3. The van der Waals surface area contributed by atoms with Crippen LogP contribution >= 0.6 is 11.8 Å². The van der Waals surface area contributed by atoms with Crippen LogP contribution in [0.3, 0.4) is 0 Å². The van der Waals surface area contributed by atoms with Gasteiger partial charge in [-0.2, -0.15) is 11.8 Å². The number of carbonyl (C=O) groups excluding carboxylic acids is 1. The SMILES string of the molecule is CCCCC(CC)COC(=O)C(C)(C)CSCC(O)CO. The second kappa shape index (κ2) is 11.3. The number of carbonyl (C=O) groups is 1. The number of unbranched alkanes of at least 4 members (excludes halogenated alkanes) is 1. The molecule has 126 valence electrons. The van der Waals surface area contributed by atoms with Crippen molar-refractivity contribution in [3.8, 4) is 0 Å². The summed E-state index contributed by atoms with van der Waals surface area (Å²) in [4.78, 5) is 12.2. The molecule has 4 nitrogen and oxygen atoms in total. The minimum Gasteiger partial charge on any atom is -0.465 e. The van der Waals surface area contributed by atoms with Gasteiger partial charge in [0, 0.05) is 11.5 Å². The summed E-state index contributed by atoms with van der Waals surface area (Å²) in [6.45, 7) is 8.28. The average Bonchev–Trinajstić information content (AvgIpc) is 2.46. The summed E-state index contributed by atoms with van der Waals surface area (Å²) in [5.74, 6) is 1.28.